The third-order valence-corrected chi connectivity index (χ3v) is 4.56. The van der Waals surface area contributed by atoms with E-state index in [0.29, 0.717) is 16.3 Å². The van der Waals surface area contributed by atoms with Gasteiger partial charge in [0.2, 0.25) is 0 Å². The van der Waals surface area contributed by atoms with E-state index in [0.717, 1.165) is 0 Å². The Morgan fingerprint density at radius 1 is 0.733 bits per heavy atom. The predicted molar refractivity (Wildman–Crippen MR) is 108 cm³/mol. The lowest BCUT2D eigenvalue weighted by atomic mass is 10.2. The van der Waals surface area contributed by atoms with E-state index < -0.39 is 23.8 Å². The molecule has 1 fully saturated rings. The van der Waals surface area contributed by atoms with Crippen LogP contribution >= 0.6 is 0 Å². The van der Waals surface area contributed by atoms with Gasteiger partial charge in [-0.3, -0.25) is 14.5 Å². The monoisotopic (exact) mass is 400 g/mol. The third-order valence-electron chi connectivity index (χ3n) is 4.56. The van der Waals surface area contributed by atoms with Crippen molar-refractivity contribution in [2.45, 2.75) is 0 Å². The first-order chi connectivity index (χ1) is 14.5. The van der Waals surface area contributed by atoms with Gasteiger partial charge < -0.3 is 4.74 Å². The summed E-state index contributed by atoms with van der Waals surface area (Å²) in [6.45, 7) is -0.259. The van der Waals surface area contributed by atoms with Crippen molar-refractivity contribution in [3.63, 3.8) is 0 Å². The third kappa shape index (κ3) is 3.68. The highest BCUT2D eigenvalue weighted by atomic mass is 16.5. The van der Waals surface area contributed by atoms with Gasteiger partial charge in [-0.15, -0.1) is 0 Å². The minimum atomic E-state index is -0.728. The number of hydrogen-bond acceptors (Lipinski definition) is 5. The molecule has 1 saturated heterocycles. The maximum Gasteiger partial charge on any atom is 0.343 e. The number of imide groups is 3. The lowest BCUT2D eigenvalue weighted by Crippen LogP contribution is -2.38. The van der Waals surface area contributed by atoms with Gasteiger partial charge in [0.15, 0.2) is 0 Å². The van der Waals surface area contributed by atoms with Crippen molar-refractivity contribution >= 4 is 29.5 Å². The number of carbonyl (C=O) groups excluding carboxylic acids is 4. The first-order valence-electron chi connectivity index (χ1n) is 9.16. The van der Waals surface area contributed by atoms with Crippen LogP contribution in [0, 0.1) is 0 Å². The number of hydrogen-bond donors (Lipinski definition) is 0. The highest BCUT2D eigenvalue weighted by Gasteiger charge is 2.41. The van der Waals surface area contributed by atoms with E-state index in [1.54, 1.807) is 54.6 Å². The van der Waals surface area contributed by atoms with Crippen molar-refractivity contribution in [3.8, 4) is 5.75 Å². The molecule has 0 atom stereocenters. The van der Waals surface area contributed by atoms with E-state index in [1.807, 2.05) is 6.07 Å². The number of carbonyl (C=O) groups is 4. The minimum Gasteiger partial charge on any atom is -0.423 e. The number of benzene rings is 3. The molecule has 0 N–H and O–H groups in total. The topological polar surface area (TPSA) is 84.0 Å². The summed E-state index contributed by atoms with van der Waals surface area (Å²) in [5, 5.41) is 0. The summed E-state index contributed by atoms with van der Waals surface area (Å²) >= 11 is 0. The van der Waals surface area contributed by atoms with Gasteiger partial charge in [-0.25, -0.2) is 9.59 Å². The Bertz CT molecular complexity index is 1110. The van der Waals surface area contributed by atoms with E-state index in [2.05, 4.69) is 0 Å². The van der Waals surface area contributed by atoms with Crippen LogP contribution in [0.3, 0.4) is 0 Å². The first-order valence-corrected chi connectivity index (χ1v) is 9.16. The largest absolute Gasteiger partial charge is 0.423 e. The van der Waals surface area contributed by atoms with Crippen molar-refractivity contribution in [2.24, 2.45) is 0 Å². The van der Waals surface area contributed by atoms with Crippen molar-refractivity contribution in [1.29, 1.82) is 0 Å². The molecule has 3 aromatic carbocycles. The van der Waals surface area contributed by atoms with Gasteiger partial charge >= 0.3 is 12.0 Å². The van der Waals surface area contributed by atoms with Crippen LogP contribution in [0.5, 0.6) is 5.75 Å². The molecule has 0 radical (unpaired) electrons. The molecule has 7 nitrogen and oxygen atoms in total. The molecule has 7 heteroatoms. The second kappa shape index (κ2) is 8.00. The second-order valence-corrected chi connectivity index (χ2v) is 6.52. The molecule has 1 heterocycles. The van der Waals surface area contributed by atoms with Crippen LogP contribution in [0.25, 0.3) is 0 Å². The molecule has 0 bridgehead atoms. The molecule has 148 valence electrons. The number of esters is 1. The van der Waals surface area contributed by atoms with Crippen LogP contribution in [-0.4, -0.2) is 35.3 Å². The molecular weight excluding hydrogens is 384 g/mol. The summed E-state index contributed by atoms with van der Waals surface area (Å²) < 4.78 is 5.27. The van der Waals surface area contributed by atoms with Crippen LogP contribution in [-0.2, 0) is 4.79 Å². The zero-order valence-electron chi connectivity index (χ0n) is 15.7. The number of nitrogens with zero attached hydrogens (tertiary/aromatic N) is 2. The molecule has 1 aliphatic rings. The van der Waals surface area contributed by atoms with Crippen molar-refractivity contribution in [2.75, 3.05) is 11.4 Å². The Morgan fingerprint density at radius 3 is 1.97 bits per heavy atom. The SMILES string of the molecule is O=C(Oc1ccccc1)c1ccc(N2CC(=O)N(C(=O)c3ccccc3)C2=O)cc1. The van der Waals surface area contributed by atoms with Crippen LogP contribution in [0.2, 0.25) is 0 Å². The van der Waals surface area contributed by atoms with Crippen molar-refractivity contribution in [1.82, 2.24) is 4.90 Å². The van der Waals surface area contributed by atoms with Crippen molar-refractivity contribution < 1.29 is 23.9 Å². The molecule has 0 saturated carbocycles. The maximum absolute atomic E-state index is 12.7. The summed E-state index contributed by atoms with van der Waals surface area (Å²) in [7, 11) is 0. The Morgan fingerprint density at radius 2 is 1.33 bits per heavy atom. The summed E-state index contributed by atoms with van der Waals surface area (Å²) in [6, 6.07) is 22.1. The Labute approximate surface area is 172 Å². The van der Waals surface area contributed by atoms with Gasteiger partial charge in [0, 0.05) is 11.3 Å². The van der Waals surface area contributed by atoms with E-state index in [9.17, 15) is 19.2 Å². The lowest BCUT2D eigenvalue weighted by molar-refractivity contribution is -0.123. The fraction of sp³-hybridized carbons (Fsp3) is 0.0435. The summed E-state index contributed by atoms with van der Waals surface area (Å²) in [5.41, 5.74) is 0.936. The van der Waals surface area contributed by atoms with Gasteiger partial charge in [0.05, 0.1) is 5.56 Å². The number of ether oxygens (including phenoxy) is 1. The van der Waals surface area contributed by atoms with Crippen LogP contribution in [0.4, 0.5) is 10.5 Å². The molecule has 0 spiro atoms. The molecule has 1 aliphatic heterocycles. The zero-order valence-corrected chi connectivity index (χ0v) is 15.7. The fourth-order valence-electron chi connectivity index (χ4n) is 3.04. The van der Waals surface area contributed by atoms with Gasteiger partial charge in [0.1, 0.15) is 12.3 Å². The van der Waals surface area contributed by atoms with E-state index in [4.69, 9.17) is 4.74 Å². The highest BCUT2D eigenvalue weighted by Crippen LogP contribution is 2.23. The minimum absolute atomic E-state index is 0.250. The molecular formula is C23H16N2O5. The average Bonchev–Trinajstić information content (AvgIpc) is 3.08. The predicted octanol–water partition coefficient (Wildman–Crippen LogP) is 3.51. The molecule has 0 aromatic heterocycles. The van der Waals surface area contributed by atoms with Gasteiger partial charge in [-0.2, -0.15) is 4.90 Å². The average molecular weight is 400 g/mol. The normalized spacial score (nSPS) is 13.5. The van der Waals surface area contributed by atoms with Crippen molar-refractivity contribution in [3.05, 3.63) is 96.1 Å². The summed E-state index contributed by atoms with van der Waals surface area (Å²) in [5.74, 6) is -1.41. The molecule has 3 aromatic rings. The first kappa shape index (κ1) is 19.1. The van der Waals surface area contributed by atoms with Gasteiger partial charge in [-0.05, 0) is 48.5 Å². The Hall–Kier alpha value is -4.26. The summed E-state index contributed by atoms with van der Waals surface area (Å²) in [4.78, 5) is 51.7. The number of amides is 4. The molecule has 4 amide bonds. The van der Waals surface area contributed by atoms with E-state index in [-0.39, 0.29) is 17.7 Å². The number of anilines is 1. The van der Waals surface area contributed by atoms with Gasteiger partial charge in [0.25, 0.3) is 11.8 Å². The molecule has 4 rings (SSSR count). The lowest BCUT2D eigenvalue weighted by Gasteiger charge is -2.16. The highest BCUT2D eigenvalue weighted by molar-refractivity contribution is 6.24. The quantitative estimate of drug-likeness (QED) is 0.290. The van der Waals surface area contributed by atoms with Crippen LogP contribution < -0.4 is 9.64 Å². The van der Waals surface area contributed by atoms with Gasteiger partial charge in [-0.1, -0.05) is 36.4 Å². The standard InChI is InChI=1S/C23H16N2O5/c26-20-15-24(23(29)25(20)21(27)16-7-3-1-4-8-16)18-13-11-17(12-14-18)22(28)30-19-9-5-2-6-10-19/h1-14H,15H2. The van der Waals surface area contributed by atoms with Crippen LogP contribution in [0.15, 0.2) is 84.9 Å². The Kier molecular flexibility index (Phi) is 5.09. The Balaban J connectivity index is 1.49. The number of rotatable bonds is 4. The van der Waals surface area contributed by atoms with E-state index in [1.165, 1.54) is 29.2 Å². The van der Waals surface area contributed by atoms with E-state index >= 15 is 0 Å². The number of urea groups is 1. The maximum atomic E-state index is 12.7. The molecule has 0 unspecified atom stereocenters. The fourth-order valence-corrected chi connectivity index (χ4v) is 3.04. The molecule has 30 heavy (non-hydrogen) atoms. The number of para-hydroxylation sites is 1. The zero-order chi connectivity index (χ0) is 21.1. The molecule has 0 aliphatic carbocycles. The second-order valence-electron chi connectivity index (χ2n) is 6.52. The summed E-state index contributed by atoms with van der Waals surface area (Å²) in [6.07, 6.45) is 0. The smallest absolute Gasteiger partial charge is 0.343 e. The van der Waals surface area contributed by atoms with Crippen LogP contribution in [0.1, 0.15) is 20.7 Å².